The zero-order chi connectivity index (χ0) is 27.3. The van der Waals surface area contributed by atoms with Crippen molar-refractivity contribution in [3.05, 3.63) is 34.9 Å². The van der Waals surface area contributed by atoms with Gasteiger partial charge in [0.1, 0.15) is 18.2 Å². The highest BCUT2D eigenvalue weighted by Crippen LogP contribution is 2.27. The van der Waals surface area contributed by atoms with Gasteiger partial charge in [-0.15, -0.1) is 0 Å². The van der Waals surface area contributed by atoms with Gasteiger partial charge in [0.15, 0.2) is 0 Å². The van der Waals surface area contributed by atoms with Crippen LogP contribution in [0.2, 0.25) is 0 Å². The summed E-state index contributed by atoms with van der Waals surface area (Å²) in [6.45, 7) is 15.7. The Balaban J connectivity index is 3.28. The minimum absolute atomic E-state index is 0.00323. The van der Waals surface area contributed by atoms with Crippen molar-refractivity contribution in [1.82, 2.24) is 15.5 Å². The summed E-state index contributed by atoms with van der Waals surface area (Å²) >= 11 is 0. The van der Waals surface area contributed by atoms with Crippen LogP contribution in [0, 0.1) is 13.8 Å². The van der Waals surface area contributed by atoms with E-state index in [-0.39, 0.29) is 24.4 Å². The molecule has 1 aromatic carbocycles. The topological polar surface area (TPSA) is 87.7 Å². The highest BCUT2D eigenvalue weighted by Gasteiger charge is 2.33. The number of ether oxygens (including phenoxy) is 1. The molecule has 0 bridgehead atoms. The average molecular weight is 504 g/mol. The fraction of sp³-hybridized carbons (Fsp3) is 0.690. The van der Waals surface area contributed by atoms with Crippen LogP contribution in [0.15, 0.2) is 18.2 Å². The summed E-state index contributed by atoms with van der Waals surface area (Å²) in [5.41, 5.74) is 2.13. The maximum absolute atomic E-state index is 13.7. The summed E-state index contributed by atoms with van der Waals surface area (Å²) in [4.78, 5) is 41.1. The van der Waals surface area contributed by atoms with Gasteiger partial charge in [-0.2, -0.15) is 0 Å². The Morgan fingerprint density at radius 3 is 2.28 bits per heavy atom. The molecular weight excluding hydrogens is 454 g/mol. The molecule has 2 unspecified atom stereocenters. The van der Waals surface area contributed by atoms with E-state index in [4.69, 9.17) is 4.74 Å². The second kappa shape index (κ2) is 15.5. The molecule has 1 aromatic rings. The smallest absolute Gasteiger partial charge is 0.408 e. The minimum Gasteiger partial charge on any atom is -0.444 e. The maximum atomic E-state index is 13.7. The summed E-state index contributed by atoms with van der Waals surface area (Å²) in [6.07, 6.45) is 6.29. The van der Waals surface area contributed by atoms with Gasteiger partial charge in [0, 0.05) is 12.6 Å². The van der Waals surface area contributed by atoms with Gasteiger partial charge in [0.2, 0.25) is 11.8 Å². The quantitative estimate of drug-likeness (QED) is 0.306. The molecule has 0 saturated carbocycles. The highest BCUT2D eigenvalue weighted by molar-refractivity contribution is 5.90. The SMILES string of the molecule is CCCCCCCN(C(=O)CNC(=O)OC(C)(C)C)C(C(=O)NC(C)CCC)c1cc(C)ccc1C. The third-order valence-corrected chi connectivity index (χ3v) is 6.01. The van der Waals surface area contributed by atoms with E-state index in [0.29, 0.717) is 6.54 Å². The molecule has 7 nitrogen and oxygen atoms in total. The normalized spacial score (nSPS) is 13.0. The largest absolute Gasteiger partial charge is 0.444 e. The van der Waals surface area contributed by atoms with Gasteiger partial charge in [-0.25, -0.2) is 4.79 Å². The van der Waals surface area contributed by atoms with Gasteiger partial charge in [-0.3, -0.25) is 9.59 Å². The molecule has 2 atom stereocenters. The van der Waals surface area contributed by atoms with Crippen LogP contribution in [0.4, 0.5) is 4.79 Å². The molecular formula is C29H49N3O4. The Kier molecular flexibility index (Phi) is 13.6. The zero-order valence-electron chi connectivity index (χ0n) is 23.8. The molecule has 0 aliphatic heterocycles. The summed E-state index contributed by atoms with van der Waals surface area (Å²) in [5.74, 6) is -0.496. The Morgan fingerprint density at radius 1 is 1.00 bits per heavy atom. The first-order valence-corrected chi connectivity index (χ1v) is 13.5. The van der Waals surface area contributed by atoms with Gasteiger partial charge in [0.25, 0.3) is 0 Å². The molecule has 0 fully saturated rings. The van der Waals surface area contributed by atoms with E-state index in [1.54, 1.807) is 25.7 Å². The van der Waals surface area contributed by atoms with Crippen LogP contribution in [0.1, 0.15) is 109 Å². The van der Waals surface area contributed by atoms with Crippen molar-refractivity contribution in [3.8, 4) is 0 Å². The van der Waals surface area contributed by atoms with Gasteiger partial charge in [0.05, 0.1) is 0 Å². The first-order chi connectivity index (χ1) is 16.9. The first kappa shape index (κ1) is 31.5. The second-order valence-electron chi connectivity index (χ2n) is 10.8. The Hall–Kier alpha value is -2.57. The monoisotopic (exact) mass is 503 g/mol. The van der Waals surface area contributed by atoms with Crippen molar-refractivity contribution in [2.45, 2.75) is 118 Å². The molecule has 0 radical (unpaired) electrons. The predicted molar refractivity (Wildman–Crippen MR) is 146 cm³/mol. The number of nitrogens with one attached hydrogen (secondary N) is 2. The summed E-state index contributed by atoms with van der Waals surface area (Å²) in [6, 6.07) is 5.21. The van der Waals surface area contributed by atoms with Crippen molar-refractivity contribution in [2.24, 2.45) is 0 Å². The number of hydrogen-bond donors (Lipinski definition) is 2. The lowest BCUT2D eigenvalue weighted by molar-refractivity contribution is -0.140. The highest BCUT2D eigenvalue weighted by atomic mass is 16.6. The molecule has 0 heterocycles. The number of unbranched alkanes of at least 4 members (excludes halogenated alkanes) is 4. The summed E-state index contributed by atoms with van der Waals surface area (Å²) in [7, 11) is 0. The first-order valence-electron chi connectivity index (χ1n) is 13.5. The molecule has 36 heavy (non-hydrogen) atoms. The number of nitrogens with zero attached hydrogens (tertiary/aromatic N) is 1. The fourth-order valence-electron chi connectivity index (χ4n) is 4.18. The molecule has 1 rings (SSSR count). The third-order valence-electron chi connectivity index (χ3n) is 6.01. The number of hydrogen-bond acceptors (Lipinski definition) is 4. The van der Waals surface area contributed by atoms with Crippen molar-refractivity contribution in [1.29, 1.82) is 0 Å². The molecule has 0 aliphatic carbocycles. The van der Waals surface area contributed by atoms with Gasteiger partial charge in [-0.1, -0.05) is 69.7 Å². The molecule has 2 N–H and O–H groups in total. The maximum Gasteiger partial charge on any atom is 0.408 e. The van der Waals surface area contributed by atoms with Crippen molar-refractivity contribution in [3.63, 3.8) is 0 Å². The molecule has 204 valence electrons. The van der Waals surface area contributed by atoms with Crippen molar-refractivity contribution in [2.75, 3.05) is 13.1 Å². The van der Waals surface area contributed by atoms with Crippen LogP contribution in [-0.2, 0) is 14.3 Å². The zero-order valence-corrected chi connectivity index (χ0v) is 23.8. The van der Waals surface area contributed by atoms with Crippen LogP contribution in [0.3, 0.4) is 0 Å². The number of carbonyl (C=O) groups is 3. The molecule has 0 aliphatic rings. The lowest BCUT2D eigenvalue weighted by Crippen LogP contribution is -2.49. The Morgan fingerprint density at radius 2 is 1.67 bits per heavy atom. The number of alkyl carbamates (subject to hydrolysis) is 1. The van der Waals surface area contributed by atoms with Gasteiger partial charge < -0.3 is 20.3 Å². The lowest BCUT2D eigenvalue weighted by atomic mass is 9.96. The van der Waals surface area contributed by atoms with Crippen molar-refractivity contribution < 1.29 is 19.1 Å². The molecule has 0 saturated heterocycles. The second-order valence-corrected chi connectivity index (χ2v) is 10.8. The molecule has 0 spiro atoms. The summed E-state index contributed by atoms with van der Waals surface area (Å²) in [5, 5.41) is 5.70. The standard InChI is InChI=1S/C29H49N3O4/c1-9-11-12-13-14-18-32(25(33)20-30-28(35)36-29(6,7)8)26(27(34)31-23(5)15-10-2)24-19-21(3)16-17-22(24)4/h16-17,19,23,26H,9-15,18,20H2,1-8H3,(H,30,35)(H,31,34). The number of amides is 3. The van der Waals surface area contributed by atoms with E-state index in [1.165, 1.54) is 0 Å². The Labute approximate surface area is 218 Å². The fourth-order valence-corrected chi connectivity index (χ4v) is 4.18. The van der Waals surface area contributed by atoms with Crippen LogP contribution in [-0.4, -0.2) is 47.5 Å². The average Bonchev–Trinajstić information content (AvgIpc) is 2.77. The van der Waals surface area contributed by atoms with Crippen molar-refractivity contribution >= 4 is 17.9 Å². The number of benzene rings is 1. The lowest BCUT2D eigenvalue weighted by Gasteiger charge is -2.33. The van der Waals surface area contributed by atoms with E-state index >= 15 is 0 Å². The third kappa shape index (κ3) is 11.4. The van der Waals surface area contributed by atoms with Crippen LogP contribution in [0.25, 0.3) is 0 Å². The van der Waals surface area contributed by atoms with E-state index < -0.39 is 17.7 Å². The number of rotatable bonds is 14. The van der Waals surface area contributed by atoms with Gasteiger partial charge >= 0.3 is 6.09 Å². The minimum atomic E-state index is -0.775. The molecule has 7 heteroatoms. The van der Waals surface area contributed by atoms with Crippen LogP contribution in [0.5, 0.6) is 0 Å². The van der Waals surface area contributed by atoms with E-state index in [9.17, 15) is 14.4 Å². The van der Waals surface area contributed by atoms with Crippen LogP contribution < -0.4 is 10.6 Å². The number of aryl methyl sites for hydroxylation is 2. The van der Waals surface area contributed by atoms with E-state index in [1.807, 2.05) is 39.0 Å². The van der Waals surface area contributed by atoms with Gasteiger partial charge in [-0.05, 0) is 65.5 Å². The van der Waals surface area contributed by atoms with E-state index in [2.05, 4.69) is 24.5 Å². The molecule has 3 amide bonds. The summed E-state index contributed by atoms with van der Waals surface area (Å²) < 4.78 is 5.30. The Bertz CT molecular complexity index is 847. The molecule has 0 aromatic heterocycles. The predicted octanol–water partition coefficient (Wildman–Crippen LogP) is 5.97. The van der Waals surface area contributed by atoms with E-state index in [0.717, 1.165) is 61.6 Å². The van der Waals surface area contributed by atoms with Crippen LogP contribution >= 0.6 is 0 Å². The number of carbonyl (C=O) groups excluding carboxylic acids is 3.